The summed E-state index contributed by atoms with van der Waals surface area (Å²) in [5.41, 5.74) is 0. The zero-order valence-corrected chi connectivity index (χ0v) is 6.46. The molecule has 0 aliphatic carbocycles. The molecule has 3 nitrogen and oxygen atoms in total. The molecule has 0 spiro atoms. The Morgan fingerprint density at radius 1 is 1.60 bits per heavy atom. The highest BCUT2D eigenvalue weighted by Gasteiger charge is 2.24. The highest BCUT2D eigenvalue weighted by atomic mass is 16.6. The second kappa shape index (κ2) is 4.41. The van der Waals surface area contributed by atoms with Crippen molar-refractivity contribution in [2.24, 2.45) is 0 Å². The van der Waals surface area contributed by atoms with E-state index < -0.39 is 5.79 Å². The second-order valence-electron chi connectivity index (χ2n) is 2.15. The molecule has 0 fully saturated rings. The van der Waals surface area contributed by atoms with Crippen LogP contribution in [-0.4, -0.2) is 23.8 Å². The van der Waals surface area contributed by atoms with Gasteiger partial charge in [-0.3, -0.25) is 4.79 Å². The molecule has 0 aromatic carbocycles. The number of aldehydes is 1. The van der Waals surface area contributed by atoms with E-state index in [0.717, 1.165) is 6.42 Å². The Morgan fingerprint density at radius 2 is 2.20 bits per heavy atom. The van der Waals surface area contributed by atoms with Crippen LogP contribution >= 0.6 is 0 Å². The molecule has 0 bridgehead atoms. The molecule has 1 unspecified atom stereocenters. The van der Waals surface area contributed by atoms with Gasteiger partial charge in [0, 0.05) is 13.0 Å². The Kier molecular flexibility index (Phi) is 4.23. The van der Waals surface area contributed by atoms with Gasteiger partial charge in [-0.1, -0.05) is 13.3 Å². The average Bonchev–Trinajstić information content (AvgIpc) is 1.89. The number of hydrogen-bond donors (Lipinski definition) is 1. The highest BCUT2D eigenvalue weighted by molar-refractivity contribution is 5.59. The number of ether oxygens (including phenoxy) is 1. The molecule has 0 rings (SSSR count). The number of carbonyl (C=O) groups excluding carboxylic acids is 1. The van der Waals surface area contributed by atoms with Crippen molar-refractivity contribution in [3.8, 4) is 0 Å². The molecule has 0 saturated carbocycles. The molecule has 0 aliphatic rings. The third-order valence-corrected chi connectivity index (χ3v) is 1.19. The topological polar surface area (TPSA) is 46.5 Å². The molecule has 0 aromatic heterocycles. The van der Waals surface area contributed by atoms with Crippen LogP contribution < -0.4 is 0 Å². The molecule has 0 heterocycles. The van der Waals surface area contributed by atoms with Gasteiger partial charge in [0.15, 0.2) is 6.29 Å². The maximum atomic E-state index is 10.2. The molecule has 1 atom stereocenters. The lowest BCUT2D eigenvalue weighted by atomic mass is 10.2. The molecule has 0 amide bonds. The predicted molar refractivity (Wildman–Crippen MR) is 37.5 cm³/mol. The van der Waals surface area contributed by atoms with Crippen LogP contribution in [0.1, 0.15) is 26.7 Å². The molecule has 0 aliphatic heterocycles. The van der Waals surface area contributed by atoms with E-state index in [2.05, 4.69) is 0 Å². The fourth-order valence-corrected chi connectivity index (χ4v) is 0.773. The number of rotatable bonds is 5. The van der Waals surface area contributed by atoms with E-state index in [1.165, 1.54) is 0 Å². The van der Waals surface area contributed by atoms with Crippen LogP contribution in [-0.2, 0) is 9.53 Å². The van der Waals surface area contributed by atoms with Crippen molar-refractivity contribution in [3.63, 3.8) is 0 Å². The number of aliphatic hydroxyl groups is 1. The first kappa shape index (κ1) is 9.59. The third-order valence-electron chi connectivity index (χ3n) is 1.19. The van der Waals surface area contributed by atoms with Crippen molar-refractivity contribution < 1.29 is 14.6 Å². The monoisotopic (exact) mass is 146 g/mol. The minimum atomic E-state index is -1.54. The summed E-state index contributed by atoms with van der Waals surface area (Å²) in [7, 11) is 0. The third kappa shape index (κ3) is 2.94. The lowest BCUT2D eigenvalue weighted by molar-refractivity contribution is -0.194. The van der Waals surface area contributed by atoms with E-state index in [0.29, 0.717) is 19.3 Å². The highest BCUT2D eigenvalue weighted by Crippen LogP contribution is 2.10. The van der Waals surface area contributed by atoms with Crippen molar-refractivity contribution in [1.82, 2.24) is 0 Å². The first-order valence-corrected chi connectivity index (χ1v) is 3.51. The van der Waals surface area contributed by atoms with Gasteiger partial charge in [0.1, 0.15) is 0 Å². The summed E-state index contributed by atoms with van der Waals surface area (Å²) in [6.07, 6.45) is 1.54. The van der Waals surface area contributed by atoms with Crippen molar-refractivity contribution in [2.75, 3.05) is 6.61 Å². The lowest BCUT2D eigenvalue weighted by Crippen LogP contribution is -2.33. The molecule has 60 valence electrons. The van der Waals surface area contributed by atoms with Crippen LogP contribution in [0, 0.1) is 0 Å². The Labute approximate surface area is 61.0 Å². The molecule has 0 saturated heterocycles. The number of carbonyl (C=O) groups is 1. The van der Waals surface area contributed by atoms with Gasteiger partial charge in [-0.05, 0) is 6.92 Å². The molecule has 0 aromatic rings. The van der Waals surface area contributed by atoms with Crippen molar-refractivity contribution in [3.05, 3.63) is 0 Å². The van der Waals surface area contributed by atoms with Gasteiger partial charge >= 0.3 is 0 Å². The predicted octanol–water partition coefficient (Wildman–Crippen LogP) is 0.710. The Balaban J connectivity index is 3.81. The minimum Gasteiger partial charge on any atom is -0.360 e. The van der Waals surface area contributed by atoms with Crippen molar-refractivity contribution in [1.29, 1.82) is 0 Å². The maximum absolute atomic E-state index is 10.2. The largest absolute Gasteiger partial charge is 0.360 e. The summed E-state index contributed by atoms with van der Waals surface area (Å²) in [5, 5.41) is 9.23. The average molecular weight is 146 g/mol. The van der Waals surface area contributed by atoms with Crippen LogP contribution in [0.2, 0.25) is 0 Å². The van der Waals surface area contributed by atoms with Crippen LogP contribution in [0.4, 0.5) is 0 Å². The molecule has 3 heteroatoms. The van der Waals surface area contributed by atoms with Crippen LogP contribution in [0.5, 0.6) is 0 Å². The van der Waals surface area contributed by atoms with Crippen molar-refractivity contribution >= 4 is 6.29 Å². The quantitative estimate of drug-likeness (QED) is 0.459. The summed E-state index contributed by atoms with van der Waals surface area (Å²) >= 11 is 0. The molecule has 10 heavy (non-hydrogen) atoms. The summed E-state index contributed by atoms with van der Waals surface area (Å²) in [6.45, 7) is 3.98. The SMILES string of the molecule is CCCC(O)(C=O)OCC. The Hall–Kier alpha value is -0.410. The van der Waals surface area contributed by atoms with Crippen LogP contribution in [0.25, 0.3) is 0 Å². The zero-order valence-electron chi connectivity index (χ0n) is 6.46. The zero-order chi connectivity index (χ0) is 8.04. The number of hydrogen-bond acceptors (Lipinski definition) is 3. The maximum Gasteiger partial charge on any atom is 0.223 e. The first-order chi connectivity index (χ1) is 4.68. The first-order valence-electron chi connectivity index (χ1n) is 3.51. The smallest absolute Gasteiger partial charge is 0.223 e. The summed E-state index contributed by atoms with van der Waals surface area (Å²) in [4.78, 5) is 10.2. The van der Waals surface area contributed by atoms with E-state index in [1.54, 1.807) is 6.92 Å². The van der Waals surface area contributed by atoms with Gasteiger partial charge < -0.3 is 9.84 Å². The molecule has 0 radical (unpaired) electrons. The van der Waals surface area contributed by atoms with Gasteiger partial charge in [-0.2, -0.15) is 0 Å². The van der Waals surface area contributed by atoms with Gasteiger partial charge in [0.05, 0.1) is 0 Å². The fourth-order valence-electron chi connectivity index (χ4n) is 0.773. The van der Waals surface area contributed by atoms with Crippen LogP contribution in [0.3, 0.4) is 0 Å². The van der Waals surface area contributed by atoms with Gasteiger partial charge in [0.2, 0.25) is 5.79 Å². The van der Waals surface area contributed by atoms with E-state index >= 15 is 0 Å². The summed E-state index contributed by atoms with van der Waals surface area (Å²) in [5.74, 6) is -1.54. The lowest BCUT2D eigenvalue weighted by Gasteiger charge is -2.19. The summed E-state index contributed by atoms with van der Waals surface area (Å²) < 4.78 is 4.81. The van der Waals surface area contributed by atoms with E-state index in [4.69, 9.17) is 4.74 Å². The second-order valence-corrected chi connectivity index (χ2v) is 2.15. The van der Waals surface area contributed by atoms with Gasteiger partial charge in [0.25, 0.3) is 0 Å². The molecular formula is C7H14O3. The van der Waals surface area contributed by atoms with Gasteiger partial charge in [-0.15, -0.1) is 0 Å². The van der Waals surface area contributed by atoms with E-state index in [1.807, 2.05) is 6.92 Å². The van der Waals surface area contributed by atoms with Crippen molar-refractivity contribution in [2.45, 2.75) is 32.5 Å². The Bertz CT molecular complexity index is 95.0. The minimum absolute atomic E-state index is 0.356. The molecular weight excluding hydrogens is 132 g/mol. The standard InChI is InChI=1S/C7H14O3/c1-3-5-7(9,6-8)10-4-2/h6,9H,3-5H2,1-2H3. The normalized spacial score (nSPS) is 16.3. The Morgan fingerprint density at radius 3 is 2.50 bits per heavy atom. The van der Waals surface area contributed by atoms with E-state index in [-0.39, 0.29) is 0 Å². The fraction of sp³-hybridized carbons (Fsp3) is 0.857. The van der Waals surface area contributed by atoms with E-state index in [9.17, 15) is 9.90 Å². The summed E-state index contributed by atoms with van der Waals surface area (Å²) in [6, 6.07) is 0. The van der Waals surface area contributed by atoms with Gasteiger partial charge in [-0.25, -0.2) is 0 Å². The van der Waals surface area contributed by atoms with Crippen LogP contribution in [0.15, 0.2) is 0 Å². The molecule has 1 N–H and O–H groups in total.